The highest BCUT2D eigenvalue weighted by Gasteiger charge is 2.18. The zero-order valence-electron chi connectivity index (χ0n) is 19.9. The molecule has 0 aliphatic carbocycles. The van der Waals surface area contributed by atoms with Crippen LogP contribution in [0.25, 0.3) is 65.5 Å². The fourth-order valence-corrected chi connectivity index (χ4v) is 5.93. The van der Waals surface area contributed by atoms with Gasteiger partial charge in [0.15, 0.2) is 17.5 Å². The normalized spacial score (nSPS) is 11.2. The summed E-state index contributed by atoms with van der Waals surface area (Å²) in [4.78, 5) is 15.0. The van der Waals surface area contributed by atoms with Crippen molar-refractivity contribution < 1.29 is 0 Å². The Kier molecular flexibility index (Phi) is 5.30. The van der Waals surface area contributed by atoms with Crippen LogP contribution < -0.4 is 0 Å². The Morgan fingerprint density at radius 1 is 0.405 bits per heavy atom. The van der Waals surface area contributed by atoms with E-state index in [9.17, 15) is 0 Å². The van der Waals surface area contributed by atoms with Crippen molar-refractivity contribution in [3.63, 3.8) is 0 Å². The third-order valence-electron chi connectivity index (χ3n) is 6.53. The van der Waals surface area contributed by atoms with Gasteiger partial charge in [0, 0.05) is 36.9 Å². The zero-order valence-corrected chi connectivity index (χ0v) is 20.7. The minimum absolute atomic E-state index is 0.669. The summed E-state index contributed by atoms with van der Waals surface area (Å²) in [5.74, 6) is 2.02. The molecule has 2 heterocycles. The average Bonchev–Trinajstić information content (AvgIpc) is 3.36. The molecule has 37 heavy (non-hydrogen) atoms. The maximum absolute atomic E-state index is 5.05. The van der Waals surface area contributed by atoms with Crippen molar-refractivity contribution in [1.82, 2.24) is 15.0 Å². The lowest BCUT2D eigenvalue weighted by atomic mass is 9.98. The molecule has 0 atom stereocenters. The molecular weight excluding hydrogens is 470 g/mol. The summed E-state index contributed by atoms with van der Waals surface area (Å²) in [6.07, 6.45) is 0. The van der Waals surface area contributed by atoms with Crippen LogP contribution in [0.1, 0.15) is 0 Å². The first-order valence-corrected chi connectivity index (χ1v) is 13.0. The highest BCUT2D eigenvalue weighted by Crippen LogP contribution is 2.42. The summed E-state index contributed by atoms with van der Waals surface area (Å²) in [5.41, 5.74) is 5.27. The van der Waals surface area contributed by atoms with Crippen molar-refractivity contribution >= 4 is 31.5 Å². The van der Waals surface area contributed by atoms with Gasteiger partial charge in [-0.25, -0.2) is 15.0 Å². The molecule has 174 valence electrons. The second-order valence-corrected chi connectivity index (χ2v) is 9.98. The number of thiophene rings is 1. The zero-order chi connectivity index (χ0) is 24.6. The maximum Gasteiger partial charge on any atom is 0.164 e. The standard InChI is InChI=1S/C33H21N3S/c1-4-12-22(13-5-1)25-20-27(30-26-18-10-11-19-28(26)37-29(30)21-25)33-35-31(23-14-6-2-7-15-23)34-32(36-33)24-16-8-3-9-17-24/h1-21H. The molecule has 7 aromatic rings. The number of nitrogens with zero attached hydrogens (tertiary/aromatic N) is 3. The molecule has 2 aromatic heterocycles. The summed E-state index contributed by atoms with van der Waals surface area (Å²) in [5, 5.41) is 2.41. The van der Waals surface area contributed by atoms with Gasteiger partial charge in [0.05, 0.1) is 0 Å². The van der Waals surface area contributed by atoms with E-state index in [4.69, 9.17) is 15.0 Å². The lowest BCUT2D eigenvalue weighted by Crippen LogP contribution is -2.00. The third-order valence-corrected chi connectivity index (χ3v) is 7.64. The fourth-order valence-electron chi connectivity index (χ4n) is 4.76. The van der Waals surface area contributed by atoms with Gasteiger partial charge in [-0.3, -0.25) is 0 Å². The van der Waals surface area contributed by atoms with Gasteiger partial charge in [-0.1, -0.05) is 109 Å². The molecular formula is C33H21N3S. The summed E-state index contributed by atoms with van der Waals surface area (Å²) in [7, 11) is 0. The third kappa shape index (κ3) is 3.98. The van der Waals surface area contributed by atoms with E-state index in [1.165, 1.54) is 25.7 Å². The molecule has 0 unspecified atom stereocenters. The number of fused-ring (bicyclic) bond motifs is 3. The Morgan fingerprint density at radius 3 is 1.54 bits per heavy atom. The molecule has 0 saturated heterocycles. The summed E-state index contributed by atoms with van der Waals surface area (Å²) >= 11 is 1.81. The monoisotopic (exact) mass is 491 g/mol. The molecule has 4 heteroatoms. The van der Waals surface area contributed by atoms with E-state index in [1.54, 1.807) is 0 Å². The van der Waals surface area contributed by atoms with Crippen LogP contribution in [0.3, 0.4) is 0 Å². The second kappa shape index (κ2) is 9.08. The van der Waals surface area contributed by atoms with E-state index in [-0.39, 0.29) is 0 Å². The number of hydrogen-bond donors (Lipinski definition) is 0. The molecule has 0 radical (unpaired) electrons. The predicted octanol–water partition coefficient (Wildman–Crippen LogP) is 8.91. The number of benzene rings is 5. The van der Waals surface area contributed by atoms with Gasteiger partial charge in [-0.2, -0.15) is 0 Å². The molecule has 0 spiro atoms. The first kappa shape index (κ1) is 21.6. The molecule has 0 aliphatic heterocycles. The SMILES string of the molecule is c1ccc(-c2cc(-c3nc(-c4ccccc4)nc(-c4ccccc4)n3)c3c(c2)sc2ccccc23)cc1. The van der Waals surface area contributed by atoms with Crippen molar-refractivity contribution in [2.75, 3.05) is 0 Å². The van der Waals surface area contributed by atoms with Gasteiger partial charge >= 0.3 is 0 Å². The molecule has 5 aromatic carbocycles. The van der Waals surface area contributed by atoms with Gasteiger partial charge in [-0.15, -0.1) is 11.3 Å². The van der Waals surface area contributed by atoms with Crippen LogP contribution in [0.5, 0.6) is 0 Å². The summed E-state index contributed by atoms with van der Waals surface area (Å²) < 4.78 is 2.48. The Balaban J connectivity index is 1.56. The highest BCUT2D eigenvalue weighted by molar-refractivity contribution is 7.26. The Bertz CT molecular complexity index is 1800. The Morgan fingerprint density at radius 2 is 0.919 bits per heavy atom. The van der Waals surface area contributed by atoms with E-state index in [1.807, 2.05) is 78.1 Å². The van der Waals surface area contributed by atoms with Crippen molar-refractivity contribution in [2.24, 2.45) is 0 Å². The van der Waals surface area contributed by atoms with Crippen LogP contribution in [-0.4, -0.2) is 15.0 Å². The van der Waals surface area contributed by atoms with Gasteiger partial charge in [0.1, 0.15) is 0 Å². The van der Waals surface area contributed by atoms with E-state index in [2.05, 4.69) is 60.7 Å². The molecule has 7 rings (SSSR count). The maximum atomic E-state index is 5.05. The number of rotatable bonds is 4. The summed E-state index contributed by atoms with van der Waals surface area (Å²) in [6.45, 7) is 0. The van der Waals surface area contributed by atoms with Crippen LogP contribution in [0.4, 0.5) is 0 Å². The van der Waals surface area contributed by atoms with Crippen molar-refractivity contribution in [2.45, 2.75) is 0 Å². The second-order valence-electron chi connectivity index (χ2n) is 8.90. The Labute approximate surface area is 218 Å². The fraction of sp³-hybridized carbons (Fsp3) is 0. The number of hydrogen-bond acceptors (Lipinski definition) is 4. The predicted molar refractivity (Wildman–Crippen MR) is 154 cm³/mol. The first-order chi connectivity index (χ1) is 18.3. The average molecular weight is 492 g/mol. The lowest BCUT2D eigenvalue weighted by molar-refractivity contribution is 1.08. The molecule has 0 aliphatic rings. The van der Waals surface area contributed by atoms with Gasteiger partial charge in [-0.05, 0) is 29.3 Å². The quantitative estimate of drug-likeness (QED) is 0.247. The van der Waals surface area contributed by atoms with Crippen molar-refractivity contribution in [3.8, 4) is 45.3 Å². The van der Waals surface area contributed by atoms with Crippen molar-refractivity contribution in [3.05, 3.63) is 127 Å². The molecule has 0 fully saturated rings. The summed E-state index contributed by atoms with van der Waals surface area (Å²) in [6, 6.07) is 43.9. The largest absolute Gasteiger partial charge is 0.208 e. The van der Waals surface area contributed by atoms with Gasteiger partial charge in [0.2, 0.25) is 0 Å². The van der Waals surface area contributed by atoms with E-state index >= 15 is 0 Å². The van der Waals surface area contributed by atoms with E-state index < -0.39 is 0 Å². The minimum atomic E-state index is 0.669. The smallest absolute Gasteiger partial charge is 0.164 e. The highest BCUT2D eigenvalue weighted by atomic mass is 32.1. The van der Waals surface area contributed by atoms with E-state index in [0.717, 1.165) is 22.3 Å². The minimum Gasteiger partial charge on any atom is -0.208 e. The Hall–Kier alpha value is -4.67. The molecule has 0 saturated carbocycles. The van der Waals surface area contributed by atoms with Crippen LogP contribution in [0.2, 0.25) is 0 Å². The van der Waals surface area contributed by atoms with Crippen LogP contribution in [0, 0.1) is 0 Å². The van der Waals surface area contributed by atoms with Gasteiger partial charge in [0.25, 0.3) is 0 Å². The lowest BCUT2D eigenvalue weighted by Gasteiger charge is -2.11. The van der Waals surface area contributed by atoms with Crippen molar-refractivity contribution in [1.29, 1.82) is 0 Å². The molecule has 3 nitrogen and oxygen atoms in total. The first-order valence-electron chi connectivity index (χ1n) is 12.2. The molecule has 0 amide bonds. The van der Waals surface area contributed by atoms with Crippen LogP contribution in [-0.2, 0) is 0 Å². The molecule has 0 N–H and O–H groups in total. The van der Waals surface area contributed by atoms with Crippen LogP contribution >= 0.6 is 11.3 Å². The topological polar surface area (TPSA) is 38.7 Å². The van der Waals surface area contributed by atoms with E-state index in [0.29, 0.717) is 17.5 Å². The van der Waals surface area contributed by atoms with Crippen LogP contribution in [0.15, 0.2) is 127 Å². The number of aromatic nitrogens is 3. The van der Waals surface area contributed by atoms with Gasteiger partial charge < -0.3 is 0 Å². The molecule has 0 bridgehead atoms.